The number of amides is 2. The van der Waals surface area contributed by atoms with E-state index in [-0.39, 0.29) is 17.6 Å². The van der Waals surface area contributed by atoms with E-state index in [1.54, 1.807) is 49.4 Å². The Bertz CT molecular complexity index is 994. The molecule has 0 saturated heterocycles. The molecule has 0 radical (unpaired) electrons. The van der Waals surface area contributed by atoms with Crippen molar-refractivity contribution in [3.05, 3.63) is 71.8 Å². The largest absolute Gasteiger partial charge is 0.324 e. The van der Waals surface area contributed by atoms with Crippen molar-refractivity contribution < 1.29 is 18.0 Å². The molecule has 2 aromatic rings. The van der Waals surface area contributed by atoms with Gasteiger partial charge in [0.2, 0.25) is 15.9 Å². The van der Waals surface area contributed by atoms with Crippen LogP contribution in [0.4, 0.5) is 5.69 Å². The normalized spacial score (nSPS) is 14.8. The predicted molar refractivity (Wildman–Crippen MR) is 103 cm³/mol. The summed E-state index contributed by atoms with van der Waals surface area (Å²) in [6, 6.07) is 12.6. The first-order valence-corrected chi connectivity index (χ1v) is 9.91. The molecule has 2 aromatic carbocycles. The lowest BCUT2D eigenvalue weighted by Crippen LogP contribution is -2.41. The Hall–Kier alpha value is -2.97. The molecule has 0 bridgehead atoms. The molecule has 7 nitrogen and oxygen atoms in total. The summed E-state index contributed by atoms with van der Waals surface area (Å²) in [6.07, 6.45) is 0. The molecule has 0 aliphatic carbocycles. The standard InChI is InChI=1S/C19H19N3O4S/c1-12-16-5-3-4-6-17(16)19(24)22(12)13(2)18(23)21-15-9-7-14(8-10-15)11-27(20,25)26/h3-10,13H,1,11H2,2H3,(H,21,23)(H2,20,25,26). The highest BCUT2D eigenvalue weighted by Gasteiger charge is 2.36. The molecule has 0 saturated carbocycles. The number of carbonyl (C=O) groups excluding carboxylic acids is 2. The molecule has 1 atom stereocenters. The number of nitrogens with two attached hydrogens (primary N) is 1. The van der Waals surface area contributed by atoms with Gasteiger partial charge in [-0.15, -0.1) is 0 Å². The van der Waals surface area contributed by atoms with Crippen molar-refractivity contribution >= 4 is 33.2 Å². The van der Waals surface area contributed by atoms with Crippen LogP contribution in [0.2, 0.25) is 0 Å². The summed E-state index contributed by atoms with van der Waals surface area (Å²) < 4.78 is 22.2. The molecule has 3 rings (SSSR count). The van der Waals surface area contributed by atoms with E-state index in [9.17, 15) is 18.0 Å². The Morgan fingerprint density at radius 1 is 1.15 bits per heavy atom. The van der Waals surface area contributed by atoms with E-state index in [4.69, 9.17) is 5.14 Å². The van der Waals surface area contributed by atoms with Crippen molar-refractivity contribution in [2.45, 2.75) is 18.7 Å². The van der Waals surface area contributed by atoms with Gasteiger partial charge in [0.15, 0.2) is 0 Å². The summed E-state index contributed by atoms with van der Waals surface area (Å²) in [5.41, 5.74) is 2.73. The number of nitrogens with one attached hydrogen (secondary N) is 1. The topological polar surface area (TPSA) is 110 Å². The Morgan fingerprint density at radius 2 is 1.74 bits per heavy atom. The molecule has 140 valence electrons. The highest BCUT2D eigenvalue weighted by Crippen LogP contribution is 2.33. The van der Waals surface area contributed by atoms with Crippen LogP contribution < -0.4 is 10.5 Å². The second-order valence-electron chi connectivity index (χ2n) is 6.34. The quantitative estimate of drug-likeness (QED) is 0.819. The van der Waals surface area contributed by atoms with E-state index in [0.717, 1.165) is 5.56 Å². The minimum Gasteiger partial charge on any atom is -0.324 e. The number of nitrogens with zero attached hydrogens (tertiary/aromatic N) is 1. The third-order valence-electron chi connectivity index (χ3n) is 4.33. The molecule has 1 unspecified atom stereocenters. The van der Waals surface area contributed by atoms with E-state index >= 15 is 0 Å². The van der Waals surface area contributed by atoms with Gasteiger partial charge < -0.3 is 5.32 Å². The predicted octanol–water partition coefficient (Wildman–Crippen LogP) is 1.93. The molecule has 0 fully saturated rings. The second-order valence-corrected chi connectivity index (χ2v) is 7.95. The van der Waals surface area contributed by atoms with E-state index in [1.807, 2.05) is 6.07 Å². The lowest BCUT2D eigenvalue weighted by Gasteiger charge is -2.24. The Balaban J connectivity index is 1.72. The van der Waals surface area contributed by atoms with Gasteiger partial charge in [0.25, 0.3) is 5.91 Å². The van der Waals surface area contributed by atoms with Crippen LogP contribution in [0.15, 0.2) is 55.1 Å². The minimum atomic E-state index is -3.62. The summed E-state index contributed by atoms with van der Waals surface area (Å²) in [7, 11) is -3.62. The van der Waals surface area contributed by atoms with Gasteiger partial charge in [-0.25, -0.2) is 13.6 Å². The summed E-state index contributed by atoms with van der Waals surface area (Å²) in [6.45, 7) is 5.56. The number of benzene rings is 2. The average molecular weight is 385 g/mol. The molecule has 1 aliphatic rings. The van der Waals surface area contributed by atoms with Crippen LogP contribution >= 0.6 is 0 Å². The summed E-state index contributed by atoms with van der Waals surface area (Å²) in [5, 5.41) is 7.74. The van der Waals surface area contributed by atoms with Crippen molar-refractivity contribution in [1.82, 2.24) is 4.90 Å². The fourth-order valence-corrected chi connectivity index (χ4v) is 3.65. The molecule has 8 heteroatoms. The van der Waals surface area contributed by atoms with Gasteiger partial charge in [0.05, 0.1) is 5.75 Å². The molecule has 27 heavy (non-hydrogen) atoms. The third-order valence-corrected chi connectivity index (χ3v) is 5.07. The number of primary sulfonamides is 1. The van der Waals surface area contributed by atoms with E-state index in [1.165, 1.54) is 4.90 Å². The van der Waals surface area contributed by atoms with Gasteiger partial charge in [-0.2, -0.15) is 0 Å². The molecule has 1 heterocycles. The first-order chi connectivity index (χ1) is 12.7. The van der Waals surface area contributed by atoms with Crippen LogP contribution in [-0.2, 0) is 20.6 Å². The van der Waals surface area contributed by atoms with Crippen LogP contribution in [0, 0.1) is 0 Å². The van der Waals surface area contributed by atoms with Crippen LogP contribution in [0.25, 0.3) is 5.70 Å². The molecule has 3 N–H and O–H groups in total. The zero-order chi connectivity index (χ0) is 19.8. The van der Waals surface area contributed by atoms with Crippen LogP contribution in [0.5, 0.6) is 0 Å². The van der Waals surface area contributed by atoms with Gasteiger partial charge in [-0.05, 0) is 30.7 Å². The van der Waals surface area contributed by atoms with Gasteiger partial charge >= 0.3 is 0 Å². The number of anilines is 1. The Kier molecular flexibility index (Phi) is 4.86. The summed E-state index contributed by atoms with van der Waals surface area (Å²) in [4.78, 5) is 26.6. The van der Waals surface area contributed by atoms with Crippen molar-refractivity contribution in [2.24, 2.45) is 5.14 Å². The minimum absolute atomic E-state index is 0.262. The molecule has 2 amide bonds. The highest BCUT2D eigenvalue weighted by atomic mass is 32.2. The molecule has 0 aromatic heterocycles. The van der Waals surface area contributed by atoms with E-state index < -0.39 is 16.1 Å². The lowest BCUT2D eigenvalue weighted by atomic mass is 10.1. The van der Waals surface area contributed by atoms with E-state index in [0.29, 0.717) is 22.5 Å². The van der Waals surface area contributed by atoms with Crippen LogP contribution in [-0.4, -0.2) is 31.2 Å². The zero-order valence-electron chi connectivity index (χ0n) is 14.7. The lowest BCUT2D eigenvalue weighted by molar-refractivity contribution is -0.119. The third kappa shape index (κ3) is 3.91. The fraction of sp³-hybridized carbons (Fsp3) is 0.158. The zero-order valence-corrected chi connectivity index (χ0v) is 15.5. The molecule has 0 spiro atoms. The molecular weight excluding hydrogens is 366 g/mol. The smallest absolute Gasteiger partial charge is 0.259 e. The number of carbonyl (C=O) groups is 2. The first kappa shape index (κ1) is 18.8. The first-order valence-electron chi connectivity index (χ1n) is 8.19. The molecular formula is C19H19N3O4S. The van der Waals surface area contributed by atoms with Gasteiger partial charge in [-0.1, -0.05) is 36.9 Å². The SMILES string of the molecule is C=C1c2ccccc2C(=O)N1C(C)C(=O)Nc1ccc(CS(N)(=O)=O)cc1. The van der Waals surface area contributed by atoms with Crippen LogP contribution in [0.1, 0.15) is 28.4 Å². The Morgan fingerprint density at radius 3 is 2.30 bits per heavy atom. The maximum atomic E-state index is 12.6. The Labute approximate surface area is 157 Å². The van der Waals surface area contributed by atoms with Crippen molar-refractivity contribution in [3.63, 3.8) is 0 Å². The number of rotatable bonds is 5. The number of hydrogen-bond acceptors (Lipinski definition) is 4. The van der Waals surface area contributed by atoms with Gasteiger partial charge in [-0.3, -0.25) is 14.5 Å². The maximum absolute atomic E-state index is 12.6. The van der Waals surface area contributed by atoms with Crippen molar-refractivity contribution in [2.75, 3.05) is 5.32 Å². The van der Waals surface area contributed by atoms with E-state index in [2.05, 4.69) is 11.9 Å². The summed E-state index contributed by atoms with van der Waals surface area (Å²) >= 11 is 0. The second kappa shape index (κ2) is 6.98. The fourth-order valence-electron chi connectivity index (χ4n) is 2.99. The average Bonchev–Trinajstić information content (AvgIpc) is 2.86. The monoisotopic (exact) mass is 385 g/mol. The van der Waals surface area contributed by atoms with Gasteiger partial charge in [0, 0.05) is 22.5 Å². The number of hydrogen-bond donors (Lipinski definition) is 2. The van der Waals surface area contributed by atoms with Crippen molar-refractivity contribution in [1.29, 1.82) is 0 Å². The van der Waals surface area contributed by atoms with Gasteiger partial charge in [0.1, 0.15) is 6.04 Å². The number of sulfonamides is 1. The highest BCUT2D eigenvalue weighted by molar-refractivity contribution is 7.88. The summed E-state index contributed by atoms with van der Waals surface area (Å²) in [5.74, 6) is -0.920. The van der Waals surface area contributed by atoms with Crippen LogP contribution in [0.3, 0.4) is 0 Å². The molecule has 1 aliphatic heterocycles. The number of fused-ring (bicyclic) bond motifs is 1. The van der Waals surface area contributed by atoms with Crippen molar-refractivity contribution in [3.8, 4) is 0 Å². The maximum Gasteiger partial charge on any atom is 0.259 e.